The number of hydrogen-bond donors (Lipinski definition) is 0. The van der Waals surface area contributed by atoms with Crippen molar-refractivity contribution in [3.63, 3.8) is 0 Å². The lowest BCUT2D eigenvalue weighted by atomic mass is 9.97. The first-order valence-corrected chi connectivity index (χ1v) is 11.8. The van der Waals surface area contributed by atoms with Gasteiger partial charge in [-0.2, -0.15) is 0 Å². The summed E-state index contributed by atoms with van der Waals surface area (Å²) in [5, 5.41) is 0. The lowest BCUT2D eigenvalue weighted by Crippen LogP contribution is -2.38. The second-order valence-corrected chi connectivity index (χ2v) is 9.01. The molecule has 0 bridgehead atoms. The Morgan fingerprint density at radius 1 is 1.06 bits per heavy atom. The zero-order valence-electron chi connectivity index (χ0n) is 20.8. The van der Waals surface area contributed by atoms with Crippen LogP contribution >= 0.6 is 0 Å². The highest BCUT2D eigenvalue weighted by atomic mass is 16.5. The van der Waals surface area contributed by atoms with E-state index in [4.69, 9.17) is 23.7 Å². The summed E-state index contributed by atoms with van der Waals surface area (Å²) in [5.41, 5.74) is 1.59. The maximum Gasteiger partial charge on any atom is 0.189 e. The van der Waals surface area contributed by atoms with Gasteiger partial charge < -0.3 is 23.7 Å². The Labute approximate surface area is 206 Å². The molecule has 7 heteroatoms. The predicted octanol–water partition coefficient (Wildman–Crippen LogP) is 4.50. The smallest absolute Gasteiger partial charge is 0.189 e. The fraction of sp³-hybridized carbons (Fsp3) is 0.393. The number of fused-ring (bicyclic) bond motifs is 1. The van der Waals surface area contributed by atoms with Crippen molar-refractivity contribution < 1.29 is 28.5 Å². The third kappa shape index (κ3) is 6.05. The molecule has 4 rings (SSSR count). The molecule has 0 radical (unpaired) electrons. The molecule has 0 saturated carbocycles. The number of nitrogens with zero attached hydrogens (tertiary/aromatic N) is 1. The van der Waals surface area contributed by atoms with Gasteiger partial charge in [0, 0.05) is 19.6 Å². The predicted molar refractivity (Wildman–Crippen MR) is 136 cm³/mol. The molecule has 0 unspecified atom stereocenters. The van der Waals surface area contributed by atoms with Crippen molar-refractivity contribution in [1.29, 1.82) is 0 Å². The topological polar surface area (TPSA) is 66.5 Å². The van der Waals surface area contributed by atoms with E-state index in [2.05, 4.69) is 4.90 Å². The molecule has 2 aromatic carbocycles. The number of methoxy groups -OCH3 is 2. The molecule has 2 aliphatic rings. The van der Waals surface area contributed by atoms with Crippen LogP contribution in [-0.2, 0) is 4.74 Å². The molecule has 35 heavy (non-hydrogen) atoms. The van der Waals surface area contributed by atoms with Crippen LogP contribution in [0.1, 0.15) is 35.3 Å². The molecule has 1 fully saturated rings. The van der Waals surface area contributed by atoms with Crippen LogP contribution in [0.3, 0.4) is 0 Å². The molecule has 0 N–H and O–H groups in total. The van der Waals surface area contributed by atoms with E-state index in [1.54, 1.807) is 38.5 Å². The van der Waals surface area contributed by atoms with Gasteiger partial charge in [0.05, 0.1) is 38.6 Å². The Morgan fingerprint density at radius 2 is 1.80 bits per heavy atom. The van der Waals surface area contributed by atoms with Crippen molar-refractivity contribution in [1.82, 2.24) is 4.90 Å². The molecule has 2 aromatic rings. The zero-order chi connectivity index (χ0) is 24.8. The van der Waals surface area contributed by atoms with E-state index < -0.39 is 5.60 Å². The Bertz CT molecular complexity index is 1110. The quantitative estimate of drug-likeness (QED) is 0.388. The molecule has 0 amide bonds. The molecule has 186 valence electrons. The molecule has 0 atom stereocenters. The van der Waals surface area contributed by atoms with Crippen LogP contribution in [-0.4, -0.2) is 70.0 Å². The first kappa shape index (κ1) is 24.8. The molecule has 1 saturated heterocycles. The Balaban J connectivity index is 1.49. The minimum Gasteiger partial charge on any atom is -0.496 e. The van der Waals surface area contributed by atoms with Crippen molar-refractivity contribution in [2.75, 3.05) is 53.7 Å². The Kier molecular flexibility index (Phi) is 7.78. The number of ketones is 1. The van der Waals surface area contributed by atoms with E-state index >= 15 is 0 Å². The van der Waals surface area contributed by atoms with Crippen LogP contribution in [0, 0.1) is 0 Å². The third-order valence-corrected chi connectivity index (χ3v) is 6.04. The lowest BCUT2D eigenvalue weighted by molar-refractivity contribution is 0.0321. The van der Waals surface area contributed by atoms with Crippen molar-refractivity contribution in [2.24, 2.45) is 0 Å². The van der Waals surface area contributed by atoms with Crippen LogP contribution in [0.2, 0.25) is 0 Å². The summed E-state index contributed by atoms with van der Waals surface area (Å²) in [6.45, 7) is 8.61. The first-order valence-electron chi connectivity index (χ1n) is 11.8. The highest BCUT2D eigenvalue weighted by Crippen LogP contribution is 2.40. The van der Waals surface area contributed by atoms with Gasteiger partial charge >= 0.3 is 0 Å². The van der Waals surface area contributed by atoms with Gasteiger partial charge in [-0.3, -0.25) is 9.69 Å². The fourth-order valence-electron chi connectivity index (χ4n) is 4.08. The Hall–Kier alpha value is -3.29. The van der Waals surface area contributed by atoms with E-state index in [1.807, 2.05) is 44.2 Å². The van der Waals surface area contributed by atoms with Gasteiger partial charge in [0.25, 0.3) is 0 Å². The summed E-state index contributed by atoms with van der Waals surface area (Å²) in [4.78, 5) is 15.5. The molecule has 2 aliphatic heterocycles. The van der Waals surface area contributed by atoms with Gasteiger partial charge in [0.2, 0.25) is 0 Å². The first-order chi connectivity index (χ1) is 16.9. The highest BCUT2D eigenvalue weighted by Gasteiger charge is 2.27. The van der Waals surface area contributed by atoms with Crippen LogP contribution in [0.25, 0.3) is 12.2 Å². The fourth-order valence-corrected chi connectivity index (χ4v) is 4.08. The second kappa shape index (κ2) is 11.0. The van der Waals surface area contributed by atoms with E-state index in [0.29, 0.717) is 35.2 Å². The number of morpholine rings is 1. The minimum atomic E-state index is -0.512. The second-order valence-electron chi connectivity index (χ2n) is 9.01. The zero-order valence-corrected chi connectivity index (χ0v) is 20.8. The number of carbonyl (C=O) groups excluding carboxylic acids is 1. The lowest BCUT2D eigenvalue weighted by Gasteiger charge is -2.29. The molecule has 0 aromatic heterocycles. The van der Waals surface area contributed by atoms with E-state index in [0.717, 1.165) is 44.0 Å². The molecular formula is C28H33NO6. The molecule has 0 aliphatic carbocycles. The molecular weight excluding hydrogens is 446 g/mol. The van der Waals surface area contributed by atoms with Crippen molar-refractivity contribution in [3.05, 3.63) is 59.2 Å². The average Bonchev–Trinajstić information content (AvgIpc) is 2.86. The van der Waals surface area contributed by atoms with E-state index in [1.165, 1.54) is 0 Å². The van der Waals surface area contributed by atoms with Gasteiger partial charge in [-0.1, -0.05) is 12.1 Å². The molecule has 7 nitrogen and oxygen atoms in total. The van der Waals surface area contributed by atoms with E-state index in [9.17, 15) is 4.79 Å². The average molecular weight is 480 g/mol. The summed E-state index contributed by atoms with van der Waals surface area (Å²) >= 11 is 0. The van der Waals surface area contributed by atoms with Crippen LogP contribution < -0.4 is 18.9 Å². The number of rotatable bonds is 9. The van der Waals surface area contributed by atoms with Gasteiger partial charge in [-0.15, -0.1) is 0 Å². The van der Waals surface area contributed by atoms with Gasteiger partial charge in [0.15, 0.2) is 17.3 Å². The van der Waals surface area contributed by atoms with Crippen molar-refractivity contribution >= 4 is 17.9 Å². The molecule has 2 heterocycles. The Morgan fingerprint density at radius 3 is 2.54 bits per heavy atom. The number of allylic oxidation sites excluding steroid dienone is 1. The highest BCUT2D eigenvalue weighted by molar-refractivity contribution is 6.09. The van der Waals surface area contributed by atoms with Crippen LogP contribution in [0.4, 0.5) is 0 Å². The van der Waals surface area contributed by atoms with Gasteiger partial charge in [0.1, 0.15) is 23.7 Å². The number of ether oxygens (including phenoxy) is 5. The van der Waals surface area contributed by atoms with Gasteiger partial charge in [-0.05, 0) is 61.9 Å². The summed E-state index contributed by atoms with van der Waals surface area (Å²) in [6.07, 6.45) is 7.23. The largest absolute Gasteiger partial charge is 0.496 e. The normalized spacial score (nSPS) is 17.0. The van der Waals surface area contributed by atoms with Crippen LogP contribution in [0.15, 0.2) is 42.5 Å². The summed E-state index contributed by atoms with van der Waals surface area (Å²) < 4.78 is 28.5. The maximum absolute atomic E-state index is 13.2. The third-order valence-electron chi connectivity index (χ3n) is 6.04. The number of hydrogen-bond acceptors (Lipinski definition) is 7. The summed E-state index contributed by atoms with van der Waals surface area (Å²) in [5.74, 6) is 2.35. The standard InChI is InChI=1S/C28H33NO6/c1-28(2)12-11-22-24(31-3)10-7-21(27(22)35-28)23(30)8-5-20-6-9-25(32-4)26(19-20)34-18-15-29-13-16-33-17-14-29/h5-12,19H,13-18H2,1-4H3/b8-5+. The summed E-state index contributed by atoms with van der Waals surface area (Å²) in [7, 11) is 3.22. The van der Waals surface area contributed by atoms with E-state index in [-0.39, 0.29) is 5.78 Å². The monoisotopic (exact) mass is 479 g/mol. The van der Waals surface area contributed by atoms with Crippen molar-refractivity contribution in [2.45, 2.75) is 19.4 Å². The number of carbonyl (C=O) groups is 1. The molecule has 0 spiro atoms. The van der Waals surface area contributed by atoms with Gasteiger partial charge in [-0.25, -0.2) is 0 Å². The minimum absolute atomic E-state index is 0.152. The number of benzene rings is 2. The SMILES string of the molecule is COc1ccc(/C=C/C(=O)c2ccc(OC)c3c2OC(C)(C)C=C3)cc1OCCN1CCOCC1. The summed E-state index contributed by atoms with van der Waals surface area (Å²) in [6, 6.07) is 9.16. The van der Waals surface area contributed by atoms with Crippen molar-refractivity contribution in [3.8, 4) is 23.0 Å². The maximum atomic E-state index is 13.2. The van der Waals surface area contributed by atoms with Crippen LogP contribution in [0.5, 0.6) is 23.0 Å².